The molecule has 0 atom stereocenters. The van der Waals surface area contributed by atoms with Crippen LogP contribution in [0.5, 0.6) is 11.6 Å². The van der Waals surface area contributed by atoms with Crippen LogP contribution in [-0.2, 0) is 7.05 Å². The Kier molecular flexibility index (Phi) is 4.82. The molecule has 0 aliphatic heterocycles. The lowest BCUT2D eigenvalue weighted by molar-refractivity contribution is -0.390. The Labute approximate surface area is 167 Å². The number of hydrogen-bond acceptors (Lipinski definition) is 9. The van der Waals surface area contributed by atoms with E-state index in [0.717, 1.165) is 0 Å². The second-order valence-corrected chi connectivity index (χ2v) is 5.99. The predicted molar refractivity (Wildman–Crippen MR) is 102 cm³/mol. The highest BCUT2D eigenvalue weighted by molar-refractivity contribution is 6.03. The molecule has 4 rings (SSSR count). The lowest BCUT2D eigenvalue weighted by atomic mass is 10.2. The van der Waals surface area contributed by atoms with Crippen molar-refractivity contribution < 1.29 is 14.5 Å². The number of tetrazole rings is 1. The van der Waals surface area contributed by atoms with Crippen LogP contribution in [0.1, 0.15) is 10.5 Å². The monoisotopic (exact) mass is 407 g/mol. The zero-order valence-electron chi connectivity index (χ0n) is 15.4. The largest absolute Gasteiger partial charge is 0.434 e. The number of imidazole rings is 1. The number of anilines is 1. The summed E-state index contributed by atoms with van der Waals surface area (Å²) in [4.78, 5) is 30.7. The van der Waals surface area contributed by atoms with Gasteiger partial charge in [-0.2, -0.15) is 5.21 Å². The second kappa shape index (κ2) is 7.75. The number of aromatic nitrogens is 7. The lowest BCUT2D eigenvalue weighted by Crippen LogP contribution is -2.13. The van der Waals surface area contributed by atoms with Gasteiger partial charge in [-0.3, -0.25) is 14.3 Å². The minimum absolute atomic E-state index is 0.0257. The third kappa shape index (κ3) is 3.80. The van der Waals surface area contributed by atoms with Gasteiger partial charge in [-0.25, -0.2) is 0 Å². The van der Waals surface area contributed by atoms with Crippen molar-refractivity contribution in [1.82, 2.24) is 35.2 Å². The molecule has 0 saturated carbocycles. The number of nitrogens with zero attached hydrogens (tertiary/aromatic N) is 7. The molecule has 13 nitrogen and oxygen atoms in total. The summed E-state index contributed by atoms with van der Waals surface area (Å²) >= 11 is 0. The molecule has 0 bridgehead atoms. The van der Waals surface area contributed by atoms with Crippen LogP contribution in [0.4, 0.5) is 11.5 Å². The second-order valence-electron chi connectivity index (χ2n) is 5.99. The highest BCUT2D eigenvalue weighted by Crippen LogP contribution is 2.30. The normalized spacial score (nSPS) is 10.6. The molecule has 0 saturated heterocycles. The van der Waals surface area contributed by atoms with Crippen LogP contribution >= 0.6 is 0 Å². The van der Waals surface area contributed by atoms with E-state index in [1.165, 1.54) is 29.2 Å². The van der Waals surface area contributed by atoms with Gasteiger partial charge in [0.25, 0.3) is 5.91 Å². The Morgan fingerprint density at radius 3 is 2.83 bits per heavy atom. The van der Waals surface area contributed by atoms with Crippen molar-refractivity contribution in [1.29, 1.82) is 0 Å². The molecule has 150 valence electrons. The third-order valence-corrected chi connectivity index (χ3v) is 3.94. The minimum Gasteiger partial charge on any atom is -0.434 e. The Bertz CT molecular complexity index is 1200. The van der Waals surface area contributed by atoms with Gasteiger partial charge in [0.05, 0.1) is 0 Å². The topological polar surface area (TPSA) is 167 Å². The van der Waals surface area contributed by atoms with E-state index in [-0.39, 0.29) is 11.6 Å². The summed E-state index contributed by atoms with van der Waals surface area (Å²) in [5.74, 6) is -0.221. The zero-order valence-corrected chi connectivity index (χ0v) is 15.4. The zero-order chi connectivity index (χ0) is 21.1. The average molecular weight is 407 g/mol. The van der Waals surface area contributed by atoms with Crippen LogP contribution in [0.2, 0.25) is 0 Å². The average Bonchev–Trinajstić information content (AvgIpc) is 3.39. The van der Waals surface area contributed by atoms with E-state index < -0.39 is 16.6 Å². The number of hydrogen-bond donors (Lipinski definition) is 2. The number of H-pyrrole nitrogens is 1. The van der Waals surface area contributed by atoms with Gasteiger partial charge in [-0.05, 0) is 39.4 Å². The van der Waals surface area contributed by atoms with Crippen molar-refractivity contribution in [3.05, 3.63) is 64.7 Å². The Hall–Kier alpha value is -4.68. The molecule has 30 heavy (non-hydrogen) atoms. The maximum Gasteiger partial charge on any atom is 0.427 e. The smallest absolute Gasteiger partial charge is 0.427 e. The fourth-order valence-electron chi connectivity index (χ4n) is 2.54. The quantitative estimate of drug-likeness (QED) is 0.358. The first kappa shape index (κ1) is 18.7. The van der Waals surface area contributed by atoms with E-state index in [2.05, 4.69) is 35.9 Å². The van der Waals surface area contributed by atoms with Crippen LogP contribution in [0.3, 0.4) is 0 Å². The molecule has 4 aromatic rings. The molecule has 1 aromatic carbocycles. The van der Waals surface area contributed by atoms with Crippen molar-refractivity contribution in [3.8, 4) is 23.0 Å². The summed E-state index contributed by atoms with van der Waals surface area (Å²) in [5, 5.41) is 27.3. The van der Waals surface area contributed by atoms with Crippen LogP contribution in [0.25, 0.3) is 11.4 Å². The summed E-state index contributed by atoms with van der Waals surface area (Å²) in [7, 11) is 1.57. The maximum atomic E-state index is 12.5. The fraction of sp³-hybridized carbons (Fsp3) is 0.0588. The van der Waals surface area contributed by atoms with Crippen LogP contribution in [-0.4, -0.2) is 46.0 Å². The molecule has 0 fully saturated rings. The number of aromatic amines is 1. The first-order valence-electron chi connectivity index (χ1n) is 8.46. The number of benzene rings is 1. The van der Waals surface area contributed by atoms with E-state index >= 15 is 0 Å². The van der Waals surface area contributed by atoms with E-state index in [1.54, 1.807) is 31.3 Å². The van der Waals surface area contributed by atoms with E-state index in [0.29, 0.717) is 22.8 Å². The van der Waals surface area contributed by atoms with Crippen molar-refractivity contribution in [2.24, 2.45) is 7.05 Å². The van der Waals surface area contributed by atoms with Crippen molar-refractivity contribution in [2.45, 2.75) is 0 Å². The van der Waals surface area contributed by atoms with E-state index in [1.807, 2.05) is 0 Å². The van der Waals surface area contributed by atoms with Gasteiger partial charge in [0.1, 0.15) is 11.4 Å². The fourth-order valence-corrected chi connectivity index (χ4v) is 2.54. The number of ether oxygens (including phenoxy) is 1. The Morgan fingerprint density at radius 1 is 1.27 bits per heavy atom. The predicted octanol–water partition coefficient (Wildman–Crippen LogP) is 1.95. The van der Waals surface area contributed by atoms with Gasteiger partial charge in [0.2, 0.25) is 12.2 Å². The van der Waals surface area contributed by atoms with Gasteiger partial charge < -0.3 is 20.2 Å². The van der Waals surface area contributed by atoms with E-state index in [4.69, 9.17) is 4.74 Å². The number of amides is 1. The molecule has 0 aliphatic rings. The molecule has 0 aliphatic carbocycles. The lowest BCUT2D eigenvalue weighted by Gasteiger charge is -2.09. The number of nitrogens with one attached hydrogen (secondary N) is 2. The number of rotatable bonds is 6. The minimum atomic E-state index is -0.634. The summed E-state index contributed by atoms with van der Waals surface area (Å²) in [5.41, 5.74) is 1.20. The molecule has 0 spiro atoms. The molecule has 3 heterocycles. The molecule has 3 aromatic heterocycles. The number of nitro groups is 1. The molecular formula is C17H13N9O4. The molecule has 1 amide bonds. The van der Waals surface area contributed by atoms with Crippen molar-refractivity contribution in [2.75, 3.05) is 5.32 Å². The molecular weight excluding hydrogens is 394 g/mol. The summed E-state index contributed by atoms with van der Waals surface area (Å²) in [6, 6.07) is 9.59. The third-order valence-electron chi connectivity index (χ3n) is 3.94. The van der Waals surface area contributed by atoms with Crippen LogP contribution in [0.15, 0.2) is 48.9 Å². The summed E-state index contributed by atoms with van der Waals surface area (Å²) < 4.78 is 6.98. The molecule has 0 radical (unpaired) electrons. The Morgan fingerprint density at radius 2 is 2.13 bits per heavy atom. The summed E-state index contributed by atoms with van der Waals surface area (Å²) in [6.07, 6.45) is 2.74. The number of pyridine rings is 1. The maximum absolute atomic E-state index is 12.5. The van der Waals surface area contributed by atoms with Gasteiger partial charge in [0.15, 0.2) is 0 Å². The number of aryl methyl sites for hydroxylation is 1. The number of carbonyl (C=O) groups is 1. The Balaban J connectivity index is 1.49. The first-order chi connectivity index (χ1) is 14.5. The van der Waals surface area contributed by atoms with Crippen LogP contribution in [0, 0.1) is 10.1 Å². The first-order valence-corrected chi connectivity index (χ1v) is 8.46. The van der Waals surface area contributed by atoms with E-state index in [9.17, 15) is 14.9 Å². The van der Waals surface area contributed by atoms with Crippen molar-refractivity contribution >= 4 is 17.4 Å². The number of carbonyl (C=O) groups excluding carboxylic acids is 1. The van der Waals surface area contributed by atoms with Gasteiger partial charge in [-0.15, -0.1) is 10.2 Å². The molecule has 13 heteroatoms. The highest BCUT2D eigenvalue weighted by atomic mass is 16.6. The molecule has 0 unspecified atom stereocenters. The van der Waals surface area contributed by atoms with Gasteiger partial charge in [-0.1, -0.05) is 6.07 Å². The van der Waals surface area contributed by atoms with Crippen molar-refractivity contribution in [3.63, 3.8) is 0 Å². The summed E-state index contributed by atoms with van der Waals surface area (Å²) in [6.45, 7) is 0. The molecule has 2 N–H and O–H groups in total. The standard InChI is InChI=1S/C17H13N9O4/c1-25-9-19-15(26(28)29)17(25)30-12-4-2-3-11(7-12)20-16(27)13-6-5-10(8-18-13)14-21-23-24-22-14/h2-9H,1H3,(H,20,27)(H,21,22,23,24). The SMILES string of the molecule is Cn1cnc([N+](=O)[O-])c1Oc1cccc(NC(=O)c2ccc(-c3nn[nH]n3)cn2)c1. The van der Waals surface area contributed by atoms with Gasteiger partial charge in [0, 0.05) is 30.6 Å². The van der Waals surface area contributed by atoms with Gasteiger partial charge >= 0.3 is 11.7 Å². The van der Waals surface area contributed by atoms with Crippen LogP contribution < -0.4 is 10.1 Å². The highest BCUT2D eigenvalue weighted by Gasteiger charge is 2.22.